The van der Waals surface area contributed by atoms with Gasteiger partial charge in [0.25, 0.3) is 0 Å². The van der Waals surface area contributed by atoms with E-state index in [-0.39, 0.29) is 5.41 Å². The number of fused-ring (bicyclic) bond motifs is 5. The number of nitrogens with one attached hydrogen (secondary N) is 2. The Bertz CT molecular complexity index is 992. The van der Waals surface area contributed by atoms with Gasteiger partial charge >= 0.3 is 0 Å². The zero-order valence-corrected chi connectivity index (χ0v) is 15.7. The van der Waals surface area contributed by atoms with Crippen LogP contribution in [0.2, 0.25) is 0 Å². The van der Waals surface area contributed by atoms with Crippen molar-refractivity contribution in [2.45, 2.75) is 53.5 Å². The first kappa shape index (κ1) is 16.1. The number of hydrazone groups is 1. The van der Waals surface area contributed by atoms with Gasteiger partial charge in [-0.05, 0) is 45.1 Å². The normalized spacial score (nSPS) is 18.2. The van der Waals surface area contributed by atoms with E-state index >= 15 is 0 Å². The highest BCUT2D eigenvalue weighted by molar-refractivity contribution is 6.18. The van der Waals surface area contributed by atoms with E-state index in [0.29, 0.717) is 6.04 Å². The molecule has 4 rings (SSSR count). The molecule has 0 aliphatic heterocycles. The Kier molecular flexibility index (Phi) is 3.60. The van der Waals surface area contributed by atoms with Crippen molar-refractivity contribution in [3.05, 3.63) is 41.2 Å². The van der Waals surface area contributed by atoms with E-state index < -0.39 is 0 Å². The summed E-state index contributed by atoms with van der Waals surface area (Å²) in [5.74, 6) is 0. The van der Waals surface area contributed by atoms with Gasteiger partial charge in [0.2, 0.25) is 0 Å². The van der Waals surface area contributed by atoms with Crippen molar-refractivity contribution in [1.29, 1.82) is 0 Å². The minimum atomic E-state index is 0.170. The average molecular weight is 334 g/mol. The van der Waals surface area contributed by atoms with Crippen molar-refractivity contribution in [3.8, 4) is 0 Å². The van der Waals surface area contributed by atoms with Crippen LogP contribution in [0.25, 0.3) is 21.8 Å². The fourth-order valence-corrected chi connectivity index (χ4v) is 3.96. The van der Waals surface area contributed by atoms with Gasteiger partial charge < -0.3 is 10.4 Å². The second-order valence-electron chi connectivity index (χ2n) is 8.30. The standard InChI is InChI=1S/C21H26N4/c1-12(2)24-25-17-11-21(4,5)10-16-19(17)20-18(13(3)22-16)14-8-6-7-9-15(14)23-20/h6-9,12,23-24H,10-11H2,1-5H3. The molecule has 4 nitrogen and oxygen atoms in total. The van der Waals surface area contributed by atoms with Gasteiger partial charge in [-0.25, -0.2) is 0 Å². The summed E-state index contributed by atoms with van der Waals surface area (Å²) in [6, 6.07) is 8.79. The van der Waals surface area contributed by atoms with Gasteiger partial charge in [-0.3, -0.25) is 4.98 Å². The number of H-pyrrole nitrogens is 1. The van der Waals surface area contributed by atoms with E-state index in [0.717, 1.165) is 35.5 Å². The van der Waals surface area contributed by atoms with Gasteiger partial charge in [0, 0.05) is 33.6 Å². The van der Waals surface area contributed by atoms with Crippen LogP contribution in [0.1, 0.15) is 51.1 Å². The predicted molar refractivity (Wildman–Crippen MR) is 105 cm³/mol. The molecule has 4 heteroatoms. The van der Waals surface area contributed by atoms with E-state index in [2.05, 4.69) is 69.3 Å². The first-order valence-corrected chi connectivity index (χ1v) is 9.08. The van der Waals surface area contributed by atoms with Gasteiger partial charge in [0.15, 0.2) is 0 Å². The zero-order chi connectivity index (χ0) is 17.8. The molecular weight excluding hydrogens is 308 g/mol. The monoisotopic (exact) mass is 334 g/mol. The Labute approximate surface area is 148 Å². The van der Waals surface area contributed by atoms with Gasteiger partial charge in [0.05, 0.1) is 16.9 Å². The average Bonchev–Trinajstić information content (AvgIpc) is 2.91. The molecule has 2 N–H and O–H groups in total. The third kappa shape index (κ3) is 2.70. The zero-order valence-electron chi connectivity index (χ0n) is 15.7. The molecule has 2 heterocycles. The SMILES string of the molecule is Cc1nc2c(c3[nH]c4ccccc4c13)C(=NNC(C)C)CC(C)(C)C2. The number of nitrogens with zero attached hydrogens (tertiary/aromatic N) is 2. The molecule has 1 aromatic carbocycles. The molecule has 0 fully saturated rings. The van der Waals surface area contributed by atoms with Crippen molar-refractivity contribution in [2.24, 2.45) is 10.5 Å². The number of aromatic amines is 1. The third-order valence-electron chi connectivity index (χ3n) is 4.95. The van der Waals surface area contributed by atoms with Crippen LogP contribution in [0.4, 0.5) is 0 Å². The third-order valence-corrected chi connectivity index (χ3v) is 4.95. The molecule has 1 aliphatic carbocycles. The summed E-state index contributed by atoms with van der Waals surface area (Å²) in [5.41, 5.74) is 10.3. The van der Waals surface area contributed by atoms with Crippen molar-refractivity contribution < 1.29 is 0 Å². The number of aryl methyl sites for hydroxylation is 1. The minimum Gasteiger partial charge on any atom is -0.354 e. The molecule has 2 aromatic heterocycles. The maximum atomic E-state index is 5.01. The molecule has 0 atom stereocenters. The summed E-state index contributed by atoms with van der Waals surface area (Å²) >= 11 is 0. The summed E-state index contributed by atoms with van der Waals surface area (Å²) in [7, 11) is 0. The number of aromatic nitrogens is 2. The highest BCUT2D eigenvalue weighted by atomic mass is 15.3. The van der Waals surface area contributed by atoms with E-state index in [9.17, 15) is 0 Å². The number of hydrogen-bond donors (Lipinski definition) is 2. The van der Waals surface area contributed by atoms with Crippen LogP contribution < -0.4 is 5.43 Å². The van der Waals surface area contributed by atoms with Crippen LogP contribution in [-0.4, -0.2) is 21.7 Å². The molecule has 0 saturated carbocycles. The molecular formula is C21H26N4. The second-order valence-corrected chi connectivity index (χ2v) is 8.30. The molecule has 130 valence electrons. The first-order chi connectivity index (χ1) is 11.9. The van der Waals surface area contributed by atoms with Crippen molar-refractivity contribution >= 4 is 27.5 Å². The van der Waals surface area contributed by atoms with Crippen molar-refractivity contribution in [3.63, 3.8) is 0 Å². The Balaban J connectivity index is 2.05. The highest BCUT2D eigenvalue weighted by Crippen LogP contribution is 2.39. The Morgan fingerprint density at radius 3 is 2.72 bits per heavy atom. The fourth-order valence-electron chi connectivity index (χ4n) is 3.96. The van der Waals surface area contributed by atoms with E-state index in [4.69, 9.17) is 10.1 Å². The van der Waals surface area contributed by atoms with Gasteiger partial charge in [0.1, 0.15) is 0 Å². The maximum absolute atomic E-state index is 5.01. The maximum Gasteiger partial charge on any atom is 0.0720 e. The van der Waals surface area contributed by atoms with Crippen molar-refractivity contribution in [2.75, 3.05) is 0 Å². The fraction of sp³-hybridized carbons (Fsp3) is 0.429. The number of benzene rings is 1. The number of pyridine rings is 1. The lowest BCUT2D eigenvalue weighted by Crippen LogP contribution is -2.31. The van der Waals surface area contributed by atoms with Gasteiger partial charge in [-0.2, -0.15) is 5.10 Å². The molecule has 3 aromatic rings. The van der Waals surface area contributed by atoms with Crippen LogP contribution in [0.15, 0.2) is 29.4 Å². The molecule has 25 heavy (non-hydrogen) atoms. The molecule has 0 unspecified atom stereocenters. The van der Waals surface area contributed by atoms with Crippen molar-refractivity contribution in [1.82, 2.24) is 15.4 Å². The Hall–Kier alpha value is -2.36. The Morgan fingerprint density at radius 2 is 1.96 bits per heavy atom. The van der Waals surface area contributed by atoms with E-state index in [1.54, 1.807) is 0 Å². The molecule has 1 aliphatic rings. The summed E-state index contributed by atoms with van der Waals surface area (Å²) < 4.78 is 0. The molecule has 0 radical (unpaired) electrons. The number of hydrogen-bond acceptors (Lipinski definition) is 3. The van der Waals surface area contributed by atoms with E-state index in [1.165, 1.54) is 21.9 Å². The van der Waals surface area contributed by atoms with Crippen LogP contribution in [0.3, 0.4) is 0 Å². The lowest BCUT2D eigenvalue weighted by atomic mass is 9.74. The number of rotatable bonds is 2. The van der Waals surface area contributed by atoms with Gasteiger partial charge in [-0.15, -0.1) is 0 Å². The van der Waals surface area contributed by atoms with Crippen LogP contribution in [0, 0.1) is 12.3 Å². The summed E-state index contributed by atoms with van der Waals surface area (Å²) in [6.45, 7) is 10.9. The lowest BCUT2D eigenvalue weighted by molar-refractivity contribution is 0.366. The molecule has 0 spiro atoms. The molecule has 0 bridgehead atoms. The predicted octanol–water partition coefficient (Wildman–Crippen LogP) is 4.70. The Morgan fingerprint density at radius 1 is 1.20 bits per heavy atom. The summed E-state index contributed by atoms with van der Waals surface area (Å²) in [6.07, 6.45) is 1.93. The van der Waals surface area contributed by atoms with E-state index in [1.807, 2.05) is 0 Å². The smallest absolute Gasteiger partial charge is 0.0720 e. The van der Waals surface area contributed by atoms with Gasteiger partial charge in [-0.1, -0.05) is 32.0 Å². The van der Waals surface area contributed by atoms with Crippen LogP contribution in [0.5, 0.6) is 0 Å². The summed E-state index contributed by atoms with van der Waals surface area (Å²) in [4.78, 5) is 8.65. The van der Waals surface area contributed by atoms with Crippen LogP contribution >= 0.6 is 0 Å². The quantitative estimate of drug-likeness (QED) is 0.668. The number of para-hydroxylation sites is 1. The molecule has 0 amide bonds. The second kappa shape index (κ2) is 5.58. The largest absolute Gasteiger partial charge is 0.354 e. The first-order valence-electron chi connectivity index (χ1n) is 9.08. The topological polar surface area (TPSA) is 53.1 Å². The molecule has 0 saturated heterocycles. The summed E-state index contributed by atoms with van der Waals surface area (Å²) in [5, 5.41) is 7.25. The van der Waals surface area contributed by atoms with Crippen LogP contribution in [-0.2, 0) is 6.42 Å². The lowest BCUT2D eigenvalue weighted by Gasteiger charge is -2.32. The minimum absolute atomic E-state index is 0.170. The highest BCUT2D eigenvalue weighted by Gasteiger charge is 2.33.